The summed E-state index contributed by atoms with van der Waals surface area (Å²) in [4.78, 5) is 5.02. The zero-order valence-corrected chi connectivity index (χ0v) is 23.1. The van der Waals surface area contributed by atoms with E-state index in [9.17, 15) is 5.26 Å². The number of imidazole rings is 1. The molecule has 2 aromatic heterocycles. The van der Waals surface area contributed by atoms with Gasteiger partial charge in [-0.3, -0.25) is 4.40 Å². The molecule has 0 amide bonds. The first-order valence-corrected chi connectivity index (χ1v) is 14.4. The molecule has 0 saturated carbocycles. The van der Waals surface area contributed by atoms with E-state index < -0.39 is 0 Å². The van der Waals surface area contributed by atoms with Crippen LogP contribution in [0.5, 0.6) is 0 Å². The average Bonchev–Trinajstić information content (AvgIpc) is 3.47. The standard InChI is InChI=1S/C40H23N3/c41-24-25-9-17-34-36-23-33(16-18-35(36)40-42-37-7-3-4-8-38(37)43(40)39(34)19-25)32-15-14-30-21-29(12-13-31(30)22-32)28-11-10-26-5-1-2-6-27(26)20-28/h1-23H. The van der Waals surface area contributed by atoms with Crippen molar-refractivity contribution in [1.82, 2.24) is 9.38 Å². The number of hydrogen-bond acceptors (Lipinski definition) is 2. The number of nitrogens with zero attached hydrogens (tertiary/aromatic N) is 3. The lowest BCUT2D eigenvalue weighted by Gasteiger charge is -2.12. The summed E-state index contributed by atoms with van der Waals surface area (Å²) in [6, 6.07) is 51.7. The van der Waals surface area contributed by atoms with Gasteiger partial charge in [-0.1, -0.05) is 84.9 Å². The molecule has 9 aromatic rings. The predicted molar refractivity (Wildman–Crippen MR) is 178 cm³/mol. The Morgan fingerprint density at radius 2 is 1.05 bits per heavy atom. The van der Waals surface area contributed by atoms with Crippen LogP contribution in [0.1, 0.15) is 5.56 Å². The third-order valence-electron chi connectivity index (χ3n) is 8.74. The Hall–Kier alpha value is -5.98. The summed E-state index contributed by atoms with van der Waals surface area (Å²) in [5.41, 5.74) is 9.29. The maximum Gasteiger partial charge on any atom is 0.146 e. The Kier molecular flexibility index (Phi) is 4.97. The number of benzene rings is 7. The summed E-state index contributed by atoms with van der Waals surface area (Å²) >= 11 is 0. The topological polar surface area (TPSA) is 41.1 Å². The third kappa shape index (κ3) is 3.64. The zero-order valence-electron chi connectivity index (χ0n) is 23.1. The van der Waals surface area contributed by atoms with E-state index in [1.165, 1.54) is 38.2 Å². The van der Waals surface area contributed by atoms with Crippen LogP contribution in [0.4, 0.5) is 0 Å². The molecule has 198 valence electrons. The van der Waals surface area contributed by atoms with E-state index >= 15 is 0 Å². The molecule has 0 aliphatic carbocycles. The summed E-state index contributed by atoms with van der Waals surface area (Å²) in [5, 5.41) is 17.9. The van der Waals surface area contributed by atoms with E-state index in [1.54, 1.807) is 0 Å². The molecule has 9 rings (SSSR count). The number of pyridine rings is 1. The minimum absolute atomic E-state index is 0.639. The highest BCUT2D eigenvalue weighted by atomic mass is 15.0. The van der Waals surface area contributed by atoms with Gasteiger partial charge in [-0.05, 0) is 104 Å². The Labute approximate surface area is 247 Å². The smallest absolute Gasteiger partial charge is 0.146 e. The lowest BCUT2D eigenvalue weighted by Crippen LogP contribution is -1.93. The lowest BCUT2D eigenvalue weighted by molar-refractivity contribution is 1.31. The quantitative estimate of drug-likeness (QED) is 0.203. The molecule has 0 saturated heterocycles. The maximum absolute atomic E-state index is 9.67. The van der Waals surface area contributed by atoms with E-state index in [2.05, 4.69) is 120 Å². The number of rotatable bonds is 2. The molecule has 0 aliphatic rings. The summed E-state index contributed by atoms with van der Waals surface area (Å²) < 4.78 is 2.19. The summed E-state index contributed by atoms with van der Waals surface area (Å²) in [5.74, 6) is 0. The van der Waals surface area contributed by atoms with Crippen molar-refractivity contribution in [2.24, 2.45) is 0 Å². The first-order valence-electron chi connectivity index (χ1n) is 14.4. The highest BCUT2D eigenvalue weighted by Crippen LogP contribution is 2.36. The SMILES string of the molecule is N#Cc1ccc2c3cc(-c4ccc5cc(-c6ccc7ccccc7c6)ccc5c4)ccc3c3nc4ccccc4n3c2c1. The van der Waals surface area contributed by atoms with Crippen LogP contribution >= 0.6 is 0 Å². The van der Waals surface area contributed by atoms with E-state index in [1.807, 2.05) is 30.3 Å². The summed E-state index contributed by atoms with van der Waals surface area (Å²) in [6.45, 7) is 0. The summed E-state index contributed by atoms with van der Waals surface area (Å²) in [6.07, 6.45) is 0. The molecule has 0 bridgehead atoms. The van der Waals surface area contributed by atoms with Gasteiger partial charge in [-0.15, -0.1) is 0 Å². The van der Waals surface area contributed by atoms with Crippen LogP contribution in [0.3, 0.4) is 0 Å². The van der Waals surface area contributed by atoms with Crippen LogP contribution in [0, 0.1) is 11.3 Å². The first-order chi connectivity index (χ1) is 21.2. The molecule has 0 aliphatic heterocycles. The van der Waals surface area contributed by atoms with Gasteiger partial charge >= 0.3 is 0 Å². The van der Waals surface area contributed by atoms with E-state index in [4.69, 9.17) is 4.98 Å². The van der Waals surface area contributed by atoms with Gasteiger partial charge in [0.05, 0.1) is 28.2 Å². The minimum atomic E-state index is 0.639. The van der Waals surface area contributed by atoms with Crippen molar-refractivity contribution < 1.29 is 0 Å². The Morgan fingerprint density at radius 3 is 1.79 bits per heavy atom. The molecule has 0 N–H and O–H groups in total. The highest BCUT2D eigenvalue weighted by Gasteiger charge is 2.15. The summed E-state index contributed by atoms with van der Waals surface area (Å²) in [7, 11) is 0. The second kappa shape index (κ2) is 9.01. The lowest BCUT2D eigenvalue weighted by atomic mass is 9.95. The fourth-order valence-corrected chi connectivity index (χ4v) is 6.58. The number of nitriles is 1. The molecular formula is C40H23N3. The van der Waals surface area contributed by atoms with Gasteiger partial charge in [-0.25, -0.2) is 4.98 Å². The second-order valence-electron chi connectivity index (χ2n) is 11.2. The van der Waals surface area contributed by atoms with Crippen molar-refractivity contribution >= 4 is 59.9 Å². The maximum atomic E-state index is 9.67. The molecule has 0 atom stereocenters. The number of aromatic nitrogens is 2. The predicted octanol–water partition coefficient (Wildman–Crippen LogP) is 10.3. The Bertz CT molecular complexity index is 2640. The van der Waals surface area contributed by atoms with Gasteiger partial charge < -0.3 is 0 Å². The van der Waals surface area contributed by atoms with Gasteiger partial charge in [0.15, 0.2) is 0 Å². The number of para-hydroxylation sites is 2. The molecule has 7 aromatic carbocycles. The van der Waals surface area contributed by atoms with Crippen molar-refractivity contribution in [3.8, 4) is 28.3 Å². The fraction of sp³-hybridized carbons (Fsp3) is 0. The van der Waals surface area contributed by atoms with Crippen molar-refractivity contribution in [3.05, 3.63) is 145 Å². The van der Waals surface area contributed by atoms with Gasteiger partial charge in [0.2, 0.25) is 0 Å². The van der Waals surface area contributed by atoms with Crippen molar-refractivity contribution in [2.75, 3.05) is 0 Å². The fourth-order valence-electron chi connectivity index (χ4n) is 6.58. The normalized spacial score (nSPS) is 11.7. The molecule has 0 spiro atoms. The van der Waals surface area contributed by atoms with Crippen LogP contribution in [-0.2, 0) is 0 Å². The number of fused-ring (bicyclic) bond motifs is 10. The van der Waals surface area contributed by atoms with Crippen molar-refractivity contribution in [2.45, 2.75) is 0 Å². The van der Waals surface area contributed by atoms with Crippen molar-refractivity contribution in [1.29, 1.82) is 5.26 Å². The highest BCUT2D eigenvalue weighted by molar-refractivity contribution is 6.15. The molecule has 3 nitrogen and oxygen atoms in total. The monoisotopic (exact) mass is 545 g/mol. The minimum Gasteiger partial charge on any atom is -0.292 e. The third-order valence-corrected chi connectivity index (χ3v) is 8.74. The molecule has 0 unspecified atom stereocenters. The Balaban J connectivity index is 1.20. The first kappa shape index (κ1) is 23.7. The van der Waals surface area contributed by atoms with Gasteiger partial charge in [0, 0.05) is 10.8 Å². The van der Waals surface area contributed by atoms with E-state index in [0.29, 0.717) is 5.56 Å². The van der Waals surface area contributed by atoms with E-state index in [0.717, 1.165) is 43.9 Å². The number of hydrogen-bond donors (Lipinski definition) is 0. The largest absolute Gasteiger partial charge is 0.292 e. The molecule has 43 heavy (non-hydrogen) atoms. The second-order valence-corrected chi connectivity index (χ2v) is 11.2. The molecular weight excluding hydrogens is 522 g/mol. The van der Waals surface area contributed by atoms with Crippen LogP contribution in [0.25, 0.3) is 82.2 Å². The van der Waals surface area contributed by atoms with Gasteiger partial charge in [0.1, 0.15) is 5.65 Å². The Morgan fingerprint density at radius 1 is 0.465 bits per heavy atom. The molecule has 3 heteroatoms. The molecule has 0 radical (unpaired) electrons. The van der Waals surface area contributed by atoms with Gasteiger partial charge in [0.25, 0.3) is 0 Å². The van der Waals surface area contributed by atoms with E-state index in [-0.39, 0.29) is 0 Å². The molecule has 0 fully saturated rings. The van der Waals surface area contributed by atoms with Crippen LogP contribution in [0.15, 0.2) is 140 Å². The van der Waals surface area contributed by atoms with Crippen LogP contribution < -0.4 is 0 Å². The van der Waals surface area contributed by atoms with Gasteiger partial charge in [-0.2, -0.15) is 5.26 Å². The van der Waals surface area contributed by atoms with Crippen LogP contribution in [0.2, 0.25) is 0 Å². The zero-order chi connectivity index (χ0) is 28.5. The van der Waals surface area contributed by atoms with Crippen molar-refractivity contribution in [3.63, 3.8) is 0 Å². The molecule has 2 heterocycles. The average molecular weight is 546 g/mol. The van der Waals surface area contributed by atoms with Crippen LogP contribution in [-0.4, -0.2) is 9.38 Å².